The van der Waals surface area contributed by atoms with Crippen LogP contribution >= 0.6 is 11.3 Å². The van der Waals surface area contributed by atoms with Crippen LogP contribution in [0.5, 0.6) is 0 Å². The van der Waals surface area contributed by atoms with Crippen molar-refractivity contribution in [2.24, 2.45) is 5.92 Å². The molecule has 1 heterocycles. The Kier molecular flexibility index (Phi) is 6.06. The number of aryl methyl sites for hydroxylation is 1. The fraction of sp³-hybridized carbons (Fsp3) is 0.824. The molecule has 0 aliphatic heterocycles. The monoisotopic (exact) mass is 309 g/mol. The molecule has 0 spiro atoms. The van der Waals surface area contributed by atoms with E-state index in [0.717, 1.165) is 12.5 Å². The summed E-state index contributed by atoms with van der Waals surface area (Å²) in [5.41, 5.74) is 1.19. The lowest BCUT2D eigenvalue weighted by Crippen LogP contribution is -2.35. The third kappa shape index (κ3) is 3.98. The number of nitrogens with one attached hydrogen (secondary N) is 1. The molecule has 1 fully saturated rings. The topological polar surface area (TPSA) is 28.2 Å². The van der Waals surface area contributed by atoms with E-state index in [1.54, 1.807) is 0 Å². The third-order valence-electron chi connectivity index (χ3n) is 4.97. The van der Waals surface area contributed by atoms with E-state index in [1.807, 2.05) is 11.3 Å². The predicted octanol–water partition coefficient (Wildman–Crippen LogP) is 4.53. The highest BCUT2D eigenvalue weighted by molar-refractivity contribution is 7.15. The zero-order chi connectivity index (χ0) is 15.4. The summed E-state index contributed by atoms with van der Waals surface area (Å²) in [5, 5.41) is 4.70. The lowest BCUT2D eigenvalue weighted by atomic mass is 9.84. The summed E-state index contributed by atoms with van der Waals surface area (Å²) in [5.74, 6) is 0.956. The van der Waals surface area contributed by atoms with Crippen LogP contribution in [0.15, 0.2) is 0 Å². The summed E-state index contributed by atoms with van der Waals surface area (Å²) in [6.45, 7) is 9.87. The van der Waals surface area contributed by atoms with E-state index in [9.17, 15) is 0 Å². The molecule has 0 radical (unpaired) electrons. The summed E-state index contributed by atoms with van der Waals surface area (Å²) < 4.78 is 0. The van der Waals surface area contributed by atoms with Crippen molar-refractivity contribution in [1.82, 2.24) is 10.3 Å². The Morgan fingerprint density at radius 1 is 1.29 bits per heavy atom. The summed E-state index contributed by atoms with van der Waals surface area (Å²) in [6, 6.07) is 1.09. The van der Waals surface area contributed by atoms with Crippen molar-refractivity contribution in [3.05, 3.63) is 10.6 Å². The average Bonchev–Trinajstić information content (AvgIpc) is 2.89. The van der Waals surface area contributed by atoms with Crippen LogP contribution in [-0.4, -0.2) is 24.6 Å². The maximum Gasteiger partial charge on any atom is 0.185 e. The molecule has 1 atom stereocenters. The van der Waals surface area contributed by atoms with Crippen LogP contribution in [0.3, 0.4) is 0 Å². The first-order valence-corrected chi connectivity index (χ1v) is 9.31. The molecule has 1 aliphatic carbocycles. The number of anilines is 1. The van der Waals surface area contributed by atoms with Gasteiger partial charge in [0.15, 0.2) is 5.13 Å². The minimum absolute atomic E-state index is 0.408. The zero-order valence-corrected chi connectivity index (χ0v) is 15.1. The largest absolute Gasteiger partial charge is 0.348 e. The van der Waals surface area contributed by atoms with Crippen LogP contribution in [0.4, 0.5) is 5.13 Å². The molecule has 0 amide bonds. The first-order valence-electron chi connectivity index (χ1n) is 8.50. The minimum atomic E-state index is 0.408. The quantitative estimate of drug-likeness (QED) is 0.837. The maximum atomic E-state index is 4.83. The van der Waals surface area contributed by atoms with E-state index in [-0.39, 0.29) is 0 Å². The first kappa shape index (κ1) is 16.8. The Balaban J connectivity index is 2.03. The van der Waals surface area contributed by atoms with Crippen LogP contribution in [0.2, 0.25) is 0 Å². The zero-order valence-electron chi connectivity index (χ0n) is 14.3. The molecule has 2 rings (SSSR count). The second kappa shape index (κ2) is 7.59. The van der Waals surface area contributed by atoms with Gasteiger partial charge in [-0.1, -0.05) is 20.3 Å². The molecule has 120 valence electrons. The van der Waals surface area contributed by atoms with Crippen molar-refractivity contribution in [3.8, 4) is 0 Å². The predicted molar refractivity (Wildman–Crippen MR) is 93.4 cm³/mol. The number of rotatable bonds is 6. The molecule has 1 aromatic rings. The highest BCUT2D eigenvalue weighted by Crippen LogP contribution is 2.35. The fourth-order valence-corrected chi connectivity index (χ4v) is 4.57. The van der Waals surface area contributed by atoms with Crippen LogP contribution in [0.25, 0.3) is 0 Å². The molecule has 1 unspecified atom stereocenters. The van der Waals surface area contributed by atoms with E-state index >= 15 is 0 Å². The number of hydrogen-bond donors (Lipinski definition) is 1. The molecular formula is C17H31N3S. The normalized spacial score (nSPS) is 24.0. The Labute approximate surface area is 134 Å². The van der Waals surface area contributed by atoms with Crippen molar-refractivity contribution >= 4 is 16.5 Å². The van der Waals surface area contributed by atoms with Gasteiger partial charge in [0.1, 0.15) is 0 Å². The Morgan fingerprint density at radius 2 is 1.95 bits per heavy atom. The van der Waals surface area contributed by atoms with Crippen molar-refractivity contribution in [2.75, 3.05) is 18.5 Å². The van der Waals surface area contributed by atoms with Gasteiger partial charge in [-0.2, -0.15) is 0 Å². The van der Waals surface area contributed by atoms with Crippen molar-refractivity contribution in [2.45, 2.75) is 71.9 Å². The Bertz CT molecular complexity index is 435. The third-order valence-corrected chi connectivity index (χ3v) is 6.40. The molecular weight excluding hydrogens is 278 g/mol. The van der Waals surface area contributed by atoms with Gasteiger partial charge < -0.3 is 10.2 Å². The van der Waals surface area contributed by atoms with Crippen LogP contribution < -0.4 is 10.2 Å². The average molecular weight is 310 g/mol. The van der Waals surface area contributed by atoms with Crippen molar-refractivity contribution in [3.63, 3.8) is 0 Å². The van der Waals surface area contributed by atoms with Gasteiger partial charge in [0.2, 0.25) is 0 Å². The second-order valence-corrected chi connectivity index (χ2v) is 7.43. The molecule has 4 heteroatoms. The van der Waals surface area contributed by atoms with E-state index in [0.29, 0.717) is 12.1 Å². The van der Waals surface area contributed by atoms with Crippen molar-refractivity contribution < 1.29 is 0 Å². The van der Waals surface area contributed by atoms with E-state index in [4.69, 9.17) is 4.98 Å². The number of aromatic nitrogens is 1. The summed E-state index contributed by atoms with van der Waals surface area (Å²) in [7, 11) is 2.23. The van der Waals surface area contributed by atoms with Crippen LogP contribution in [0, 0.1) is 12.8 Å². The smallest absolute Gasteiger partial charge is 0.185 e. The highest BCUT2D eigenvalue weighted by Gasteiger charge is 2.25. The molecule has 1 aromatic heterocycles. The SMILES string of the molecule is CCNC(C)c1sc(N(C)C2CCC(CC)CC2)nc1C. The highest BCUT2D eigenvalue weighted by atomic mass is 32.1. The molecule has 3 nitrogen and oxygen atoms in total. The van der Waals surface area contributed by atoms with Crippen LogP contribution in [0.1, 0.15) is 69.5 Å². The molecule has 1 saturated carbocycles. The molecule has 1 N–H and O–H groups in total. The minimum Gasteiger partial charge on any atom is -0.348 e. The van der Waals surface area contributed by atoms with Gasteiger partial charge >= 0.3 is 0 Å². The number of hydrogen-bond acceptors (Lipinski definition) is 4. The van der Waals surface area contributed by atoms with E-state index < -0.39 is 0 Å². The summed E-state index contributed by atoms with van der Waals surface area (Å²) in [4.78, 5) is 8.66. The van der Waals surface area contributed by atoms with E-state index in [2.05, 4.69) is 45.0 Å². The van der Waals surface area contributed by atoms with Gasteiger partial charge in [0, 0.05) is 24.0 Å². The van der Waals surface area contributed by atoms with Gasteiger partial charge in [-0.05, 0) is 52.0 Å². The first-order chi connectivity index (χ1) is 10.1. The molecule has 21 heavy (non-hydrogen) atoms. The fourth-order valence-electron chi connectivity index (χ4n) is 3.44. The lowest BCUT2D eigenvalue weighted by Gasteiger charge is -2.34. The Morgan fingerprint density at radius 3 is 2.52 bits per heavy atom. The molecule has 1 aliphatic rings. The number of thiazole rings is 1. The second-order valence-electron chi connectivity index (χ2n) is 6.42. The van der Waals surface area contributed by atoms with Gasteiger partial charge in [-0.3, -0.25) is 0 Å². The van der Waals surface area contributed by atoms with E-state index in [1.165, 1.54) is 47.8 Å². The number of nitrogens with zero attached hydrogens (tertiary/aromatic N) is 2. The Hall–Kier alpha value is -0.610. The molecule has 0 saturated heterocycles. The summed E-state index contributed by atoms with van der Waals surface area (Å²) >= 11 is 1.87. The molecule has 0 aromatic carbocycles. The van der Waals surface area contributed by atoms with Gasteiger partial charge in [0.25, 0.3) is 0 Å². The maximum absolute atomic E-state index is 4.83. The lowest BCUT2D eigenvalue weighted by molar-refractivity contribution is 0.313. The van der Waals surface area contributed by atoms with Crippen LogP contribution in [-0.2, 0) is 0 Å². The van der Waals surface area contributed by atoms with Gasteiger partial charge in [0.05, 0.1) is 5.69 Å². The van der Waals surface area contributed by atoms with Gasteiger partial charge in [-0.15, -0.1) is 11.3 Å². The van der Waals surface area contributed by atoms with Crippen molar-refractivity contribution in [1.29, 1.82) is 0 Å². The summed E-state index contributed by atoms with van der Waals surface area (Å²) in [6.07, 6.45) is 6.77. The standard InChI is InChI=1S/C17H31N3S/c1-6-14-8-10-15(11-9-14)20(5)17-19-13(4)16(21-17)12(3)18-7-2/h12,14-15,18H,6-11H2,1-5H3. The molecule has 0 bridgehead atoms. The van der Waals surface area contributed by atoms with Gasteiger partial charge in [-0.25, -0.2) is 4.98 Å².